The van der Waals surface area contributed by atoms with E-state index < -0.39 is 11.1 Å². The molecular weight excluding hydrogens is 518 g/mol. The van der Waals surface area contributed by atoms with Crippen LogP contribution in [0.15, 0.2) is 48.5 Å². The van der Waals surface area contributed by atoms with Crippen LogP contribution in [0.25, 0.3) is 0 Å². The van der Waals surface area contributed by atoms with Crippen molar-refractivity contribution in [3.8, 4) is 0 Å². The lowest BCUT2D eigenvalue weighted by Gasteiger charge is -2.39. The quantitative estimate of drug-likeness (QED) is 0.428. The molecule has 0 saturated carbocycles. The van der Waals surface area contributed by atoms with Gasteiger partial charge in [0.1, 0.15) is 0 Å². The molecule has 3 saturated heterocycles. The second-order valence-corrected chi connectivity index (χ2v) is 12.3. The SMILES string of the molecule is CC(C)(C(=O)c1ccc(C(c2ccc(C(=O)C(C)(C)N3CCOCC3)cc2)N2CCOCC2)cc1)N1CCOCC1. The number of hydrogen-bond donors (Lipinski definition) is 0. The predicted molar refractivity (Wildman–Crippen MR) is 159 cm³/mol. The summed E-state index contributed by atoms with van der Waals surface area (Å²) in [6, 6.07) is 16.2. The maximum absolute atomic E-state index is 13.6. The number of ketones is 2. The first-order valence-electron chi connectivity index (χ1n) is 15.0. The van der Waals surface area contributed by atoms with E-state index in [2.05, 4.69) is 39.0 Å². The highest BCUT2D eigenvalue weighted by Gasteiger charge is 2.37. The van der Waals surface area contributed by atoms with Crippen LogP contribution in [0.5, 0.6) is 0 Å². The third kappa shape index (κ3) is 6.48. The lowest BCUT2D eigenvalue weighted by atomic mass is 9.88. The van der Waals surface area contributed by atoms with Gasteiger partial charge in [0, 0.05) is 50.4 Å². The monoisotopic (exact) mass is 563 g/mol. The minimum absolute atomic E-state index is 0.00621. The molecule has 41 heavy (non-hydrogen) atoms. The standard InChI is InChI=1S/C33H45N3O5/c1-32(2,35-15-21-40-22-16-35)30(37)27-9-5-25(6-10-27)29(34-13-19-39-20-14-34)26-7-11-28(12-8-26)31(38)33(3,4)36-17-23-41-24-18-36/h5-12,29H,13-24H2,1-4H3. The zero-order valence-corrected chi connectivity index (χ0v) is 25.1. The molecule has 0 unspecified atom stereocenters. The van der Waals surface area contributed by atoms with Crippen LogP contribution in [-0.4, -0.2) is 116 Å². The van der Waals surface area contributed by atoms with E-state index in [9.17, 15) is 9.59 Å². The molecule has 2 aromatic rings. The van der Waals surface area contributed by atoms with Crippen molar-refractivity contribution in [2.75, 3.05) is 78.9 Å². The molecule has 0 radical (unpaired) electrons. The van der Waals surface area contributed by atoms with Gasteiger partial charge in [-0.2, -0.15) is 0 Å². The van der Waals surface area contributed by atoms with Gasteiger partial charge in [-0.05, 0) is 38.8 Å². The zero-order chi connectivity index (χ0) is 29.0. The Morgan fingerprint density at radius 1 is 0.561 bits per heavy atom. The van der Waals surface area contributed by atoms with E-state index in [1.807, 2.05) is 52.0 Å². The van der Waals surface area contributed by atoms with Gasteiger partial charge in [-0.3, -0.25) is 24.3 Å². The fourth-order valence-corrected chi connectivity index (χ4v) is 6.32. The molecule has 3 aliphatic heterocycles. The van der Waals surface area contributed by atoms with Crippen LogP contribution in [0.1, 0.15) is 65.6 Å². The number of ether oxygens (including phenoxy) is 3. The van der Waals surface area contributed by atoms with Crippen LogP contribution >= 0.6 is 0 Å². The lowest BCUT2D eigenvalue weighted by Crippen LogP contribution is -2.54. The van der Waals surface area contributed by atoms with Gasteiger partial charge in [-0.15, -0.1) is 0 Å². The molecule has 0 atom stereocenters. The molecule has 3 aliphatic rings. The summed E-state index contributed by atoms with van der Waals surface area (Å²) in [4.78, 5) is 34.0. The second-order valence-electron chi connectivity index (χ2n) is 12.3. The summed E-state index contributed by atoms with van der Waals surface area (Å²) in [5, 5.41) is 0. The number of hydrogen-bond acceptors (Lipinski definition) is 8. The zero-order valence-electron chi connectivity index (χ0n) is 25.1. The fraction of sp³-hybridized carbons (Fsp3) is 0.576. The van der Waals surface area contributed by atoms with E-state index in [1.165, 1.54) is 0 Å². The highest BCUT2D eigenvalue weighted by Crippen LogP contribution is 2.32. The number of nitrogens with zero attached hydrogens (tertiary/aromatic N) is 3. The second kappa shape index (κ2) is 12.8. The number of carbonyl (C=O) groups is 2. The Kier molecular flexibility index (Phi) is 9.38. The molecule has 0 bridgehead atoms. The summed E-state index contributed by atoms with van der Waals surface area (Å²) in [5.74, 6) is 0.249. The third-order valence-corrected chi connectivity index (χ3v) is 9.10. The van der Waals surface area contributed by atoms with Gasteiger partial charge in [0.15, 0.2) is 11.6 Å². The van der Waals surface area contributed by atoms with Crippen LogP contribution in [0, 0.1) is 0 Å². The minimum Gasteiger partial charge on any atom is -0.379 e. The topological polar surface area (TPSA) is 71.5 Å². The van der Waals surface area contributed by atoms with Crippen molar-refractivity contribution in [2.45, 2.75) is 44.8 Å². The van der Waals surface area contributed by atoms with Crippen molar-refractivity contribution in [1.29, 1.82) is 0 Å². The van der Waals surface area contributed by atoms with Crippen LogP contribution < -0.4 is 0 Å². The summed E-state index contributed by atoms with van der Waals surface area (Å²) in [7, 11) is 0. The molecule has 0 N–H and O–H groups in total. The molecule has 3 fully saturated rings. The average Bonchev–Trinajstić information content (AvgIpc) is 3.02. The predicted octanol–water partition coefficient (Wildman–Crippen LogP) is 3.70. The van der Waals surface area contributed by atoms with E-state index in [1.54, 1.807) is 0 Å². The van der Waals surface area contributed by atoms with E-state index in [0.717, 1.165) is 61.5 Å². The Morgan fingerprint density at radius 2 is 0.878 bits per heavy atom. The number of morpholine rings is 3. The van der Waals surface area contributed by atoms with Crippen LogP contribution in [-0.2, 0) is 14.2 Å². The normalized spacial score (nSPS) is 20.3. The Morgan fingerprint density at radius 3 is 1.22 bits per heavy atom. The largest absolute Gasteiger partial charge is 0.379 e. The van der Waals surface area contributed by atoms with Gasteiger partial charge >= 0.3 is 0 Å². The Balaban J connectivity index is 1.37. The van der Waals surface area contributed by atoms with Crippen molar-refractivity contribution >= 4 is 11.6 Å². The van der Waals surface area contributed by atoms with E-state index >= 15 is 0 Å². The lowest BCUT2D eigenvalue weighted by molar-refractivity contribution is -0.00442. The summed E-state index contributed by atoms with van der Waals surface area (Å²) < 4.78 is 16.6. The number of rotatable bonds is 9. The van der Waals surface area contributed by atoms with Gasteiger partial charge in [0.05, 0.1) is 56.8 Å². The Labute approximate surface area is 244 Å². The summed E-state index contributed by atoms with van der Waals surface area (Å²) in [5.41, 5.74) is 2.51. The minimum atomic E-state index is -0.591. The van der Waals surface area contributed by atoms with Crippen LogP contribution in [0.2, 0.25) is 0 Å². The molecule has 0 spiro atoms. The van der Waals surface area contributed by atoms with Gasteiger partial charge < -0.3 is 14.2 Å². The van der Waals surface area contributed by atoms with Crippen molar-refractivity contribution in [1.82, 2.24) is 14.7 Å². The van der Waals surface area contributed by atoms with E-state index in [-0.39, 0.29) is 17.6 Å². The summed E-state index contributed by atoms with van der Waals surface area (Å²) >= 11 is 0. The molecule has 0 aromatic heterocycles. The maximum Gasteiger partial charge on any atom is 0.182 e. The number of Topliss-reactive ketones (excluding diaryl/α,β-unsaturated/α-hetero) is 2. The van der Waals surface area contributed by atoms with Crippen molar-refractivity contribution in [2.24, 2.45) is 0 Å². The van der Waals surface area contributed by atoms with Crippen molar-refractivity contribution in [3.63, 3.8) is 0 Å². The molecule has 0 aliphatic carbocycles. The van der Waals surface area contributed by atoms with Crippen LogP contribution in [0.3, 0.4) is 0 Å². The van der Waals surface area contributed by atoms with Gasteiger partial charge in [0.25, 0.3) is 0 Å². The molecule has 3 heterocycles. The smallest absolute Gasteiger partial charge is 0.182 e. The molecule has 2 aromatic carbocycles. The molecule has 8 nitrogen and oxygen atoms in total. The van der Waals surface area contributed by atoms with Gasteiger partial charge in [-0.25, -0.2) is 0 Å². The van der Waals surface area contributed by atoms with Crippen molar-refractivity contribution < 1.29 is 23.8 Å². The molecule has 0 amide bonds. The first-order valence-corrected chi connectivity index (χ1v) is 15.0. The summed E-state index contributed by atoms with van der Waals surface area (Å²) in [6.07, 6.45) is 0. The van der Waals surface area contributed by atoms with Gasteiger partial charge in [0.2, 0.25) is 0 Å². The van der Waals surface area contributed by atoms with Gasteiger partial charge in [-0.1, -0.05) is 48.5 Å². The molecule has 222 valence electrons. The number of carbonyl (C=O) groups excluding carboxylic acids is 2. The van der Waals surface area contributed by atoms with Crippen LogP contribution in [0.4, 0.5) is 0 Å². The number of benzene rings is 2. The Hall–Kier alpha value is -2.46. The highest BCUT2D eigenvalue weighted by molar-refractivity contribution is 6.03. The third-order valence-electron chi connectivity index (χ3n) is 9.10. The summed E-state index contributed by atoms with van der Waals surface area (Å²) in [6.45, 7) is 16.7. The first kappa shape index (κ1) is 30.0. The molecular formula is C33H45N3O5. The fourth-order valence-electron chi connectivity index (χ4n) is 6.32. The highest BCUT2D eigenvalue weighted by atomic mass is 16.5. The van der Waals surface area contributed by atoms with E-state index in [0.29, 0.717) is 39.6 Å². The molecule has 5 rings (SSSR count). The Bertz CT molecular complexity index is 1090. The van der Waals surface area contributed by atoms with Crippen molar-refractivity contribution in [3.05, 3.63) is 70.8 Å². The first-order chi connectivity index (χ1) is 19.7. The average molecular weight is 564 g/mol. The van der Waals surface area contributed by atoms with E-state index in [4.69, 9.17) is 14.2 Å². The maximum atomic E-state index is 13.6. The molecule has 8 heteroatoms.